The molecule has 1 saturated heterocycles. The van der Waals surface area contributed by atoms with Crippen molar-refractivity contribution < 1.29 is 18.3 Å². The Kier molecular flexibility index (Phi) is 5.80. The van der Waals surface area contributed by atoms with Gasteiger partial charge in [0.15, 0.2) is 16.7 Å². The van der Waals surface area contributed by atoms with Crippen molar-refractivity contribution in [3.63, 3.8) is 0 Å². The van der Waals surface area contributed by atoms with Gasteiger partial charge >= 0.3 is 0 Å². The van der Waals surface area contributed by atoms with E-state index in [0.29, 0.717) is 28.9 Å². The van der Waals surface area contributed by atoms with Crippen LogP contribution in [-0.4, -0.2) is 39.0 Å². The lowest BCUT2D eigenvalue weighted by Gasteiger charge is -2.14. The summed E-state index contributed by atoms with van der Waals surface area (Å²) >= 11 is 1.32. The molecule has 1 atom stereocenters. The molecule has 4 aromatic rings. The molecule has 1 fully saturated rings. The van der Waals surface area contributed by atoms with Gasteiger partial charge in [0.1, 0.15) is 11.4 Å². The van der Waals surface area contributed by atoms with Crippen molar-refractivity contribution in [3.05, 3.63) is 65.7 Å². The number of thioether (sulfide) groups is 1. The van der Waals surface area contributed by atoms with Gasteiger partial charge in [0.25, 0.3) is 0 Å². The third-order valence-corrected chi connectivity index (χ3v) is 6.63. The van der Waals surface area contributed by atoms with Crippen LogP contribution in [0.4, 0.5) is 4.39 Å². The van der Waals surface area contributed by atoms with Crippen molar-refractivity contribution in [2.75, 3.05) is 12.4 Å². The number of benzene rings is 2. The molecule has 32 heavy (non-hydrogen) atoms. The largest absolute Gasteiger partial charge is 0.453 e. The number of fused-ring (bicyclic) bond motifs is 1. The minimum absolute atomic E-state index is 0.0675. The van der Waals surface area contributed by atoms with E-state index in [1.54, 1.807) is 12.1 Å². The van der Waals surface area contributed by atoms with E-state index in [4.69, 9.17) is 9.15 Å². The minimum atomic E-state index is -0.305. The molecule has 0 amide bonds. The van der Waals surface area contributed by atoms with Crippen molar-refractivity contribution in [2.45, 2.75) is 37.6 Å². The summed E-state index contributed by atoms with van der Waals surface area (Å²) in [4.78, 5) is 12.9. The van der Waals surface area contributed by atoms with Gasteiger partial charge in [-0.25, -0.2) is 4.39 Å². The number of aromatic nitrogens is 3. The maximum atomic E-state index is 13.4. The molecule has 0 aliphatic carbocycles. The second-order valence-corrected chi connectivity index (χ2v) is 8.77. The van der Waals surface area contributed by atoms with Gasteiger partial charge in [0, 0.05) is 23.1 Å². The fraction of sp³-hybridized carbons (Fsp3) is 0.292. The van der Waals surface area contributed by atoms with Gasteiger partial charge < -0.3 is 9.15 Å². The second-order valence-electron chi connectivity index (χ2n) is 7.82. The van der Waals surface area contributed by atoms with Crippen LogP contribution in [0.25, 0.3) is 22.4 Å². The molecule has 0 spiro atoms. The second kappa shape index (κ2) is 8.88. The summed E-state index contributed by atoms with van der Waals surface area (Å²) in [6, 6.07) is 13.8. The third kappa shape index (κ3) is 4.08. The van der Waals surface area contributed by atoms with Crippen LogP contribution >= 0.6 is 11.8 Å². The maximum absolute atomic E-state index is 13.4. The molecule has 3 heterocycles. The fourth-order valence-electron chi connectivity index (χ4n) is 4.00. The lowest BCUT2D eigenvalue weighted by atomic mass is 10.1. The van der Waals surface area contributed by atoms with Crippen LogP contribution in [0.5, 0.6) is 0 Å². The minimum Gasteiger partial charge on any atom is -0.453 e. The van der Waals surface area contributed by atoms with E-state index in [0.717, 1.165) is 36.0 Å². The smallest absolute Gasteiger partial charge is 0.208 e. The summed E-state index contributed by atoms with van der Waals surface area (Å²) in [5.41, 5.74) is 2.32. The van der Waals surface area contributed by atoms with Crippen molar-refractivity contribution in [1.29, 1.82) is 0 Å². The number of rotatable bonds is 7. The Morgan fingerprint density at radius 1 is 1.19 bits per heavy atom. The molecule has 0 N–H and O–H groups in total. The normalized spacial score (nSPS) is 16.1. The Morgan fingerprint density at radius 2 is 2.00 bits per heavy atom. The van der Waals surface area contributed by atoms with Gasteiger partial charge in [-0.2, -0.15) is 0 Å². The number of ketones is 1. The summed E-state index contributed by atoms with van der Waals surface area (Å²) in [5, 5.41) is 10.2. The number of halogens is 1. The molecule has 2 aromatic carbocycles. The van der Waals surface area contributed by atoms with Crippen LogP contribution in [0.3, 0.4) is 0 Å². The molecule has 0 unspecified atom stereocenters. The number of hydrogen-bond donors (Lipinski definition) is 0. The van der Waals surface area contributed by atoms with Crippen LogP contribution in [0, 0.1) is 12.7 Å². The van der Waals surface area contributed by atoms with Gasteiger partial charge in [-0.05, 0) is 50.1 Å². The highest BCUT2D eigenvalue weighted by Crippen LogP contribution is 2.29. The Hall–Kier alpha value is -2.97. The highest BCUT2D eigenvalue weighted by molar-refractivity contribution is 7.99. The Balaban J connectivity index is 1.40. The summed E-state index contributed by atoms with van der Waals surface area (Å²) in [7, 11) is 0. The van der Waals surface area contributed by atoms with Crippen molar-refractivity contribution in [3.8, 4) is 11.4 Å². The number of nitrogens with zero attached hydrogens (tertiary/aromatic N) is 3. The first-order valence-corrected chi connectivity index (χ1v) is 11.5. The molecular weight excluding hydrogens is 429 g/mol. The van der Waals surface area contributed by atoms with E-state index in [2.05, 4.69) is 10.2 Å². The quantitative estimate of drug-likeness (QED) is 0.281. The van der Waals surface area contributed by atoms with Crippen molar-refractivity contribution >= 4 is 28.5 Å². The molecule has 0 radical (unpaired) electrons. The molecule has 1 aliphatic rings. The molecule has 2 aromatic heterocycles. The predicted octanol–water partition coefficient (Wildman–Crippen LogP) is 5.29. The zero-order valence-electron chi connectivity index (χ0n) is 17.6. The number of furan rings is 1. The van der Waals surface area contributed by atoms with E-state index in [-0.39, 0.29) is 23.5 Å². The van der Waals surface area contributed by atoms with Gasteiger partial charge in [-0.3, -0.25) is 9.36 Å². The Labute approximate surface area is 188 Å². The van der Waals surface area contributed by atoms with Crippen molar-refractivity contribution in [1.82, 2.24) is 14.8 Å². The number of Topliss-reactive ketones (excluding diaryl/α,β-unsaturated/α-hetero) is 1. The summed E-state index contributed by atoms with van der Waals surface area (Å²) in [5.74, 6) is 0.783. The van der Waals surface area contributed by atoms with Crippen molar-refractivity contribution in [2.24, 2.45) is 0 Å². The fourth-order valence-corrected chi connectivity index (χ4v) is 4.81. The van der Waals surface area contributed by atoms with Crippen LogP contribution in [-0.2, 0) is 11.3 Å². The molecule has 0 saturated carbocycles. The third-order valence-electron chi connectivity index (χ3n) is 5.66. The van der Waals surface area contributed by atoms with Crippen LogP contribution in [0.15, 0.2) is 58.1 Å². The van der Waals surface area contributed by atoms with E-state index in [9.17, 15) is 9.18 Å². The SMILES string of the molecule is Cc1c(C(=O)CSc2nnc(-c3ccc(F)cc3)n2C[C@H]2CCCO2)oc2ccccc12. The van der Waals surface area contributed by atoms with E-state index >= 15 is 0 Å². The number of para-hydroxylation sites is 1. The number of carbonyl (C=O) groups excluding carboxylic acids is 1. The first kappa shape index (κ1) is 20.9. The highest BCUT2D eigenvalue weighted by atomic mass is 32.2. The molecule has 164 valence electrons. The average Bonchev–Trinajstić information content (AvgIpc) is 3.53. The zero-order chi connectivity index (χ0) is 22.1. The monoisotopic (exact) mass is 451 g/mol. The Bertz CT molecular complexity index is 1260. The van der Waals surface area contributed by atoms with Crippen LogP contribution in [0.1, 0.15) is 29.0 Å². The first-order chi connectivity index (χ1) is 15.6. The molecule has 0 bridgehead atoms. The summed E-state index contributed by atoms with van der Waals surface area (Å²) < 4.78 is 27.0. The molecular formula is C24H22FN3O3S. The topological polar surface area (TPSA) is 70.2 Å². The van der Waals surface area contributed by atoms with Gasteiger partial charge in [0.2, 0.25) is 5.78 Å². The van der Waals surface area contributed by atoms with Crippen LogP contribution in [0.2, 0.25) is 0 Å². The van der Waals surface area contributed by atoms with Gasteiger partial charge in [0.05, 0.1) is 18.4 Å². The number of hydrogen-bond acceptors (Lipinski definition) is 6. The van der Waals surface area contributed by atoms with Gasteiger partial charge in [-0.15, -0.1) is 10.2 Å². The molecule has 1 aliphatic heterocycles. The number of ether oxygens (including phenoxy) is 1. The Morgan fingerprint density at radius 3 is 2.75 bits per heavy atom. The maximum Gasteiger partial charge on any atom is 0.208 e. The summed E-state index contributed by atoms with van der Waals surface area (Å²) in [6.07, 6.45) is 2.05. The average molecular weight is 452 g/mol. The highest BCUT2D eigenvalue weighted by Gasteiger charge is 2.24. The first-order valence-electron chi connectivity index (χ1n) is 10.5. The standard InChI is InChI=1S/C24H22FN3O3S/c1-15-19-6-2-3-7-21(19)31-22(15)20(29)14-32-24-27-26-23(16-8-10-17(25)11-9-16)28(24)13-18-5-4-12-30-18/h2-3,6-11,18H,4-5,12-14H2,1H3/t18-/m1/s1. The van der Waals surface area contributed by atoms with Crippen LogP contribution < -0.4 is 0 Å². The van der Waals surface area contributed by atoms with E-state index in [1.165, 1.54) is 23.9 Å². The summed E-state index contributed by atoms with van der Waals surface area (Å²) in [6.45, 7) is 3.22. The van der Waals surface area contributed by atoms with E-state index < -0.39 is 0 Å². The molecule has 6 nitrogen and oxygen atoms in total. The molecule has 5 rings (SSSR count). The lowest BCUT2D eigenvalue weighted by molar-refractivity contribution is 0.0953. The van der Waals surface area contributed by atoms with E-state index in [1.807, 2.05) is 35.8 Å². The number of carbonyl (C=O) groups is 1. The number of aryl methyl sites for hydroxylation is 1. The van der Waals surface area contributed by atoms with Gasteiger partial charge in [-0.1, -0.05) is 30.0 Å². The predicted molar refractivity (Wildman–Crippen MR) is 120 cm³/mol. The molecule has 8 heteroatoms. The lowest BCUT2D eigenvalue weighted by Crippen LogP contribution is -2.17. The zero-order valence-corrected chi connectivity index (χ0v) is 18.4.